The van der Waals surface area contributed by atoms with Crippen molar-refractivity contribution in [3.8, 4) is 0 Å². The average Bonchev–Trinajstić information content (AvgIpc) is 2.73. The highest BCUT2D eigenvalue weighted by atomic mass is 127. The van der Waals surface area contributed by atoms with Crippen LogP contribution in [0.5, 0.6) is 0 Å². The number of carbonyl (C=O) groups excluding carboxylic acids is 1. The number of carbonyl (C=O) groups is 1. The van der Waals surface area contributed by atoms with E-state index in [9.17, 15) is 4.79 Å². The number of nitrogens with zero attached hydrogens (tertiary/aromatic N) is 2. The van der Waals surface area contributed by atoms with Crippen LogP contribution in [0.1, 0.15) is 23.0 Å². The second-order valence-electron chi connectivity index (χ2n) is 3.43. The smallest absolute Gasteiger partial charge is 0.358 e. The van der Waals surface area contributed by atoms with Crippen LogP contribution in [0.3, 0.4) is 0 Å². The average molecular weight is 346 g/mol. The molecule has 17 heavy (non-hydrogen) atoms. The highest BCUT2D eigenvalue weighted by Gasteiger charge is 2.13. The summed E-state index contributed by atoms with van der Waals surface area (Å²) in [5.41, 5.74) is 1.74. The van der Waals surface area contributed by atoms with Crippen molar-refractivity contribution in [3.05, 3.63) is 33.3 Å². The zero-order valence-corrected chi connectivity index (χ0v) is 11.3. The van der Waals surface area contributed by atoms with Crippen molar-refractivity contribution >= 4 is 34.2 Å². The quantitative estimate of drug-likeness (QED) is 0.678. The molecule has 0 saturated heterocycles. The molecule has 0 atom stereocenters. The number of pyridine rings is 1. The second-order valence-corrected chi connectivity index (χ2v) is 4.59. The molecule has 90 valence electrons. The molecule has 0 aliphatic heterocycles. The Bertz CT molecular complexity index is 565. The number of aliphatic hydroxyl groups is 1. The Hall–Kier alpha value is -1.15. The van der Waals surface area contributed by atoms with E-state index in [0.717, 1.165) is 9.13 Å². The lowest BCUT2D eigenvalue weighted by molar-refractivity contribution is 0.0520. The number of esters is 1. The van der Waals surface area contributed by atoms with Gasteiger partial charge in [0.15, 0.2) is 11.3 Å². The Morgan fingerprint density at radius 3 is 3.00 bits per heavy atom. The van der Waals surface area contributed by atoms with Gasteiger partial charge in [-0.1, -0.05) is 0 Å². The lowest BCUT2D eigenvalue weighted by Gasteiger charge is -2.00. The third-order valence-corrected chi connectivity index (χ3v) is 3.02. The van der Waals surface area contributed by atoms with E-state index in [1.54, 1.807) is 23.7 Å². The number of hydrogen-bond acceptors (Lipinski definition) is 4. The van der Waals surface area contributed by atoms with Gasteiger partial charge in [0.05, 0.1) is 16.8 Å². The van der Waals surface area contributed by atoms with Gasteiger partial charge in [-0.05, 0) is 41.1 Å². The SMILES string of the molecule is CCOC(=O)c1cn2cc(CO)cc(I)c2n1. The van der Waals surface area contributed by atoms with Crippen LogP contribution in [0.2, 0.25) is 0 Å². The van der Waals surface area contributed by atoms with Gasteiger partial charge in [-0.25, -0.2) is 9.78 Å². The summed E-state index contributed by atoms with van der Waals surface area (Å²) in [5.74, 6) is -0.433. The maximum Gasteiger partial charge on any atom is 0.358 e. The van der Waals surface area contributed by atoms with Crippen LogP contribution in [-0.4, -0.2) is 27.1 Å². The standard InChI is InChI=1S/C11H11IN2O3/c1-2-17-11(16)9-5-14-4-7(6-15)3-8(12)10(14)13-9/h3-5,15H,2,6H2,1H3. The van der Waals surface area contributed by atoms with Crippen LogP contribution in [0.4, 0.5) is 0 Å². The van der Waals surface area contributed by atoms with Gasteiger partial charge in [-0.3, -0.25) is 0 Å². The first kappa shape index (κ1) is 12.3. The van der Waals surface area contributed by atoms with E-state index in [1.165, 1.54) is 0 Å². The minimum absolute atomic E-state index is 0.0428. The summed E-state index contributed by atoms with van der Waals surface area (Å²) in [6.07, 6.45) is 3.35. The molecule has 5 nitrogen and oxygen atoms in total. The molecule has 0 aliphatic carbocycles. The van der Waals surface area contributed by atoms with E-state index < -0.39 is 5.97 Å². The van der Waals surface area contributed by atoms with Crippen molar-refractivity contribution in [1.82, 2.24) is 9.38 Å². The zero-order chi connectivity index (χ0) is 12.4. The number of hydrogen-bond donors (Lipinski definition) is 1. The van der Waals surface area contributed by atoms with Gasteiger partial charge in [-0.15, -0.1) is 0 Å². The predicted octanol–water partition coefficient (Wildman–Crippen LogP) is 1.61. The van der Waals surface area contributed by atoms with E-state index >= 15 is 0 Å². The number of ether oxygens (including phenoxy) is 1. The first-order valence-corrected chi connectivity index (χ1v) is 6.18. The van der Waals surface area contributed by atoms with Gasteiger partial charge in [0.25, 0.3) is 0 Å². The topological polar surface area (TPSA) is 63.8 Å². The van der Waals surface area contributed by atoms with Crippen LogP contribution >= 0.6 is 22.6 Å². The molecule has 0 unspecified atom stereocenters. The molecule has 0 aromatic carbocycles. The highest BCUT2D eigenvalue weighted by Crippen LogP contribution is 2.16. The zero-order valence-electron chi connectivity index (χ0n) is 9.18. The van der Waals surface area contributed by atoms with Crippen LogP contribution in [0, 0.1) is 3.57 Å². The van der Waals surface area contributed by atoms with Gasteiger partial charge in [0, 0.05) is 12.4 Å². The molecule has 2 aromatic rings. The van der Waals surface area contributed by atoms with Crippen molar-refractivity contribution in [2.75, 3.05) is 6.61 Å². The summed E-state index contributed by atoms with van der Waals surface area (Å²) in [5, 5.41) is 9.09. The molecular weight excluding hydrogens is 335 g/mol. The Morgan fingerprint density at radius 2 is 2.35 bits per heavy atom. The van der Waals surface area contributed by atoms with Crippen molar-refractivity contribution in [3.63, 3.8) is 0 Å². The summed E-state index contributed by atoms with van der Waals surface area (Å²) in [6.45, 7) is 2.03. The third kappa shape index (κ3) is 2.42. The fraction of sp³-hybridized carbons (Fsp3) is 0.273. The second kappa shape index (κ2) is 5.01. The molecular formula is C11H11IN2O3. The van der Waals surface area contributed by atoms with Gasteiger partial charge < -0.3 is 14.2 Å². The molecule has 0 spiro atoms. The Kier molecular flexibility index (Phi) is 3.63. The molecule has 1 N–H and O–H groups in total. The van der Waals surface area contributed by atoms with Crippen LogP contribution < -0.4 is 0 Å². The fourth-order valence-corrected chi connectivity index (χ4v) is 2.30. The third-order valence-electron chi connectivity index (χ3n) is 2.23. The molecule has 0 bridgehead atoms. The molecule has 2 aromatic heterocycles. The largest absolute Gasteiger partial charge is 0.461 e. The van der Waals surface area contributed by atoms with E-state index in [4.69, 9.17) is 9.84 Å². The van der Waals surface area contributed by atoms with Gasteiger partial charge in [-0.2, -0.15) is 0 Å². The molecule has 2 rings (SSSR count). The monoisotopic (exact) mass is 346 g/mol. The van der Waals surface area contributed by atoms with Crippen LogP contribution in [0.15, 0.2) is 18.5 Å². The van der Waals surface area contributed by atoms with Crippen LogP contribution in [0.25, 0.3) is 5.65 Å². The van der Waals surface area contributed by atoms with E-state index in [1.807, 2.05) is 6.07 Å². The molecule has 0 aliphatic rings. The molecule has 2 heterocycles. The summed E-state index contributed by atoms with van der Waals surface area (Å²) in [7, 11) is 0. The minimum Gasteiger partial charge on any atom is -0.461 e. The lowest BCUT2D eigenvalue weighted by Crippen LogP contribution is -2.04. The molecule has 0 amide bonds. The van der Waals surface area contributed by atoms with Gasteiger partial charge >= 0.3 is 5.97 Å². The highest BCUT2D eigenvalue weighted by molar-refractivity contribution is 14.1. The first-order valence-electron chi connectivity index (χ1n) is 5.10. The molecule has 0 saturated carbocycles. The van der Waals surface area contributed by atoms with Crippen molar-refractivity contribution in [2.45, 2.75) is 13.5 Å². The van der Waals surface area contributed by atoms with Crippen molar-refractivity contribution in [2.24, 2.45) is 0 Å². The number of aromatic nitrogens is 2. The number of fused-ring (bicyclic) bond motifs is 1. The molecule has 0 fully saturated rings. The summed E-state index contributed by atoms with van der Waals surface area (Å²) < 4.78 is 7.49. The lowest BCUT2D eigenvalue weighted by atomic mass is 10.3. The normalized spacial score (nSPS) is 10.8. The van der Waals surface area contributed by atoms with E-state index in [-0.39, 0.29) is 12.3 Å². The van der Waals surface area contributed by atoms with Crippen molar-refractivity contribution in [1.29, 1.82) is 0 Å². The molecule has 0 radical (unpaired) electrons. The number of halogens is 1. The number of aliphatic hydroxyl groups excluding tert-OH is 1. The minimum atomic E-state index is -0.433. The predicted molar refractivity (Wildman–Crippen MR) is 69.8 cm³/mol. The Labute approximate surface area is 112 Å². The first-order chi connectivity index (χ1) is 8.15. The summed E-state index contributed by atoms with van der Waals surface area (Å²) in [6, 6.07) is 1.83. The summed E-state index contributed by atoms with van der Waals surface area (Å²) >= 11 is 2.12. The number of rotatable bonds is 3. The van der Waals surface area contributed by atoms with Crippen molar-refractivity contribution < 1.29 is 14.6 Å². The Balaban J connectivity index is 2.49. The summed E-state index contributed by atoms with van der Waals surface area (Å²) in [4.78, 5) is 15.7. The Morgan fingerprint density at radius 1 is 1.59 bits per heavy atom. The molecule has 6 heteroatoms. The van der Waals surface area contributed by atoms with E-state index in [0.29, 0.717) is 12.3 Å². The van der Waals surface area contributed by atoms with Crippen LogP contribution in [-0.2, 0) is 11.3 Å². The van der Waals surface area contributed by atoms with Gasteiger partial charge in [0.2, 0.25) is 0 Å². The maximum absolute atomic E-state index is 11.5. The van der Waals surface area contributed by atoms with E-state index in [2.05, 4.69) is 27.6 Å². The van der Waals surface area contributed by atoms with Gasteiger partial charge in [0.1, 0.15) is 0 Å². The number of imidazole rings is 1. The maximum atomic E-state index is 11.5. The fourth-order valence-electron chi connectivity index (χ4n) is 1.50.